The average molecular weight is 590 g/mol. The zero-order valence-electron chi connectivity index (χ0n) is 22.8. The van der Waals surface area contributed by atoms with E-state index in [2.05, 4.69) is 5.32 Å². The molecule has 2 amide bonds. The van der Waals surface area contributed by atoms with Gasteiger partial charge in [0.2, 0.25) is 11.8 Å². The van der Waals surface area contributed by atoms with Crippen molar-refractivity contribution in [1.29, 1.82) is 0 Å². The highest BCUT2D eigenvalue weighted by Gasteiger charge is 2.44. The number of carboxylic acid groups (broad SMARTS) is 2. The molecule has 0 saturated carbocycles. The number of carbonyl (C=O) groups is 4. The number of halogens is 3. The summed E-state index contributed by atoms with van der Waals surface area (Å²) >= 11 is 0. The third-order valence-electron chi connectivity index (χ3n) is 7.50. The number of nitrogens with two attached hydrogens (primary N) is 1. The minimum absolute atomic E-state index is 0.0262. The molecule has 0 spiro atoms. The minimum atomic E-state index is -1.26. The van der Waals surface area contributed by atoms with E-state index in [9.17, 15) is 32.3 Å². The fourth-order valence-corrected chi connectivity index (χ4v) is 5.52. The maximum atomic E-state index is 14.0. The molecule has 2 aromatic rings. The molecule has 226 valence electrons. The van der Waals surface area contributed by atoms with E-state index in [1.807, 2.05) is 35.2 Å². The summed E-state index contributed by atoms with van der Waals surface area (Å²) in [6.45, 7) is -0.0303. The minimum Gasteiger partial charge on any atom is -0.478 e. The molecule has 2 bridgehead atoms. The molecular weight excluding hydrogens is 555 g/mol. The Kier molecular flexibility index (Phi) is 11.7. The second kappa shape index (κ2) is 15.2. The summed E-state index contributed by atoms with van der Waals surface area (Å²) in [5, 5.41) is 18.4. The molecule has 4 rings (SSSR count). The molecule has 9 nitrogen and oxygen atoms in total. The predicted octanol–water partition coefficient (Wildman–Crippen LogP) is 3.20. The molecule has 2 aliphatic rings. The number of nitrogens with zero attached hydrogens (tertiary/aromatic N) is 1. The van der Waals surface area contributed by atoms with Crippen LogP contribution in [0.1, 0.15) is 43.2 Å². The molecule has 0 aromatic heterocycles. The van der Waals surface area contributed by atoms with Crippen LogP contribution >= 0.6 is 0 Å². The van der Waals surface area contributed by atoms with Crippen LogP contribution < -0.4 is 11.1 Å². The van der Waals surface area contributed by atoms with Gasteiger partial charge >= 0.3 is 11.9 Å². The molecule has 0 aliphatic carbocycles. The van der Waals surface area contributed by atoms with Crippen molar-refractivity contribution in [3.05, 3.63) is 83.2 Å². The van der Waals surface area contributed by atoms with E-state index in [0.717, 1.165) is 24.5 Å². The van der Waals surface area contributed by atoms with Crippen LogP contribution in [-0.4, -0.2) is 63.5 Å². The smallest absolute Gasteiger partial charge is 0.328 e. The van der Waals surface area contributed by atoms with Gasteiger partial charge in [-0.05, 0) is 61.6 Å². The van der Waals surface area contributed by atoms with Crippen LogP contribution in [0.5, 0.6) is 0 Å². The summed E-state index contributed by atoms with van der Waals surface area (Å²) in [7, 11) is 0. The van der Waals surface area contributed by atoms with E-state index >= 15 is 0 Å². The first-order valence-electron chi connectivity index (χ1n) is 13.6. The number of fused-ring (bicyclic) bond motifs is 2. The third-order valence-corrected chi connectivity index (χ3v) is 7.50. The number of hydrogen-bond acceptors (Lipinski definition) is 5. The molecule has 5 N–H and O–H groups in total. The van der Waals surface area contributed by atoms with Gasteiger partial charge in [0.05, 0.1) is 6.54 Å². The number of carbonyl (C=O) groups excluding carboxylic acids is 2. The van der Waals surface area contributed by atoms with Gasteiger partial charge in [-0.2, -0.15) is 0 Å². The lowest BCUT2D eigenvalue weighted by molar-refractivity contribution is -0.137. The number of aliphatic carboxylic acids is 2. The van der Waals surface area contributed by atoms with Crippen molar-refractivity contribution in [2.75, 3.05) is 6.54 Å². The largest absolute Gasteiger partial charge is 0.478 e. The van der Waals surface area contributed by atoms with Gasteiger partial charge in [-0.15, -0.1) is 0 Å². The number of aryl methyl sites for hydroxylation is 1. The van der Waals surface area contributed by atoms with Crippen LogP contribution in [0.15, 0.2) is 54.6 Å². The maximum absolute atomic E-state index is 14.0. The molecule has 12 heteroatoms. The Morgan fingerprint density at radius 3 is 2.07 bits per heavy atom. The van der Waals surface area contributed by atoms with E-state index in [-0.39, 0.29) is 48.3 Å². The number of rotatable bonds is 10. The molecule has 1 unspecified atom stereocenters. The van der Waals surface area contributed by atoms with E-state index in [1.165, 1.54) is 0 Å². The number of carboxylic acids is 2. The molecule has 2 fully saturated rings. The third kappa shape index (κ3) is 9.44. The lowest BCUT2D eigenvalue weighted by Gasteiger charge is -2.41. The Bertz CT molecular complexity index is 1280. The first-order chi connectivity index (χ1) is 19.9. The van der Waals surface area contributed by atoms with Crippen molar-refractivity contribution in [2.45, 2.75) is 63.1 Å². The highest BCUT2D eigenvalue weighted by molar-refractivity contribution is 5.89. The van der Waals surface area contributed by atoms with Crippen molar-refractivity contribution in [1.82, 2.24) is 10.2 Å². The summed E-state index contributed by atoms with van der Waals surface area (Å²) in [5.41, 5.74) is 7.49. The lowest BCUT2D eigenvalue weighted by atomic mass is 9.82. The number of hydrogen-bond donors (Lipinski definition) is 4. The molecule has 2 aliphatic heterocycles. The molecule has 2 heterocycles. The van der Waals surface area contributed by atoms with E-state index in [0.29, 0.717) is 43.9 Å². The zero-order valence-corrected chi connectivity index (χ0v) is 22.8. The number of benzene rings is 2. The van der Waals surface area contributed by atoms with Crippen LogP contribution in [0, 0.1) is 23.4 Å². The first kappa shape index (κ1) is 32.3. The van der Waals surface area contributed by atoms with E-state index in [4.69, 9.17) is 15.9 Å². The highest BCUT2D eigenvalue weighted by atomic mass is 19.2. The zero-order chi connectivity index (χ0) is 30.8. The Labute approximate surface area is 241 Å². The monoisotopic (exact) mass is 589 g/mol. The topological polar surface area (TPSA) is 150 Å². The van der Waals surface area contributed by atoms with Crippen molar-refractivity contribution in [3.8, 4) is 0 Å². The molecule has 4 atom stereocenters. The van der Waals surface area contributed by atoms with Gasteiger partial charge in [0.1, 0.15) is 5.82 Å². The van der Waals surface area contributed by atoms with Gasteiger partial charge in [-0.3, -0.25) is 9.59 Å². The van der Waals surface area contributed by atoms with Crippen LogP contribution in [0.4, 0.5) is 13.2 Å². The number of piperidine rings is 1. The Balaban J connectivity index is 0.000000531. The van der Waals surface area contributed by atoms with Crippen molar-refractivity contribution < 1.29 is 42.6 Å². The highest BCUT2D eigenvalue weighted by Crippen LogP contribution is 2.40. The van der Waals surface area contributed by atoms with Gasteiger partial charge in [-0.1, -0.05) is 30.3 Å². The second-order valence-electron chi connectivity index (χ2n) is 10.4. The predicted molar refractivity (Wildman–Crippen MR) is 147 cm³/mol. The normalized spacial score (nSPS) is 20.0. The molecule has 42 heavy (non-hydrogen) atoms. The molecule has 2 saturated heterocycles. The lowest BCUT2D eigenvalue weighted by Crippen LogP contribution is -2.52. The summed E-state index contributed by atoms with van der Waals surface area (Å²) in [5.74, 6) is -5.82. The van der Waals surface area contributed by atoms with Crippen molar-refractivity contribution >= 4 is 23.8 Å². The summed E-state index contributed by atoms with van der Waals surface area (Å²) in [6, 6.07) is 10.8. The van der Waals surface area contributed by atoms with Gasteiger partial charge in [0, 0.05) is 42.8 Å². The van der Waals surface area contributed by atoms with E-state index in [1.54, 1.807) is 0 Å². The standard InChI is InChI=1S/C26H30F3N3O2.C4H4O4/c27-21-14-23(29)22(28)12-17(21)13-24(30)18-10-19-7-8-20(11-18)32(19)26(34)15-31-25(33)9-6-16-4-2-1-3-5-16;5-3(6)1-2-4(7)8/h1-5,12,14,18-20,24H,6-11,13,15,30H2,(H,31,33);1-2H,(H,5,6)(H,7,8)/b;2-1-/t18?,19-,20+,24-;/m1./s1. The van der Waals surface area contributed by atoms with Gasteiger partial charge in [0.15, 0.2) is 11.6 Å². The second-order valence-corrected chi connectivity index (χ2v) is 10.4. The van der Waals surface area contributed by atoms with Crippen molar-refractivity contribution in [2.24, 2.45) is 11.7 Å². The quantitative estimate of drug-likeness (QED) is 0.246. The van der Waals surface area contributed by atoms with Gasteiger partial charge in [-0.25, -0.2) is 22.8 Å². The van der Waals surface area contributed by atoms with Gasteiger partial charge in [0.25, 0.3) is 0 Å². The number of amides is 2. The van der Waals surface area contributed by atoms with Crippen molar-refractivity contribution in [3.63, 3.8) is 0 Å². The molecule has 0 radical (unpaired) electrons. The van der Waals surface area contributed by atoms with Gasteiger partial charge < -0.3 is 26.2 Å². The molecular formula is C30H34F3N3O6. The van der Waals surface area contributed by atoms with E-state index < -0.39 is 35.4 Å². The van der Waals surface area contributed by atoms with Crippen LogP contribution in [0.25, 0.3) is 0 Å². The fourth-order valence-electron chi connectivity index (χ4n) is 5.52. The Morgan fingerprint density at radius 1 is 0.929 bits per heavy atom. The molecule has 2 aromatic carbocycles. The number of nitrogens with one attached hydrogen (secondary N) is 1. The van der Waals surface area contributed by atoms with Crippen LogP contribution in [0.2, 0.25) is 0 Å². The average Bonchev–Trinajstić information content (AvgIpc) is 3.22. The summed E-state index contributed by atoms with van der Waals surface area (Å²) in [6.07, 6.45) is 5.24. The summed E-state index contributed by atoms with van der Waals surface area (Å²) < 4.78 is 40.8. The SMILES string of the molecule is N[C@H](Cc1cc(F)c(F)cc1F)C1C[C@H]2CC[C@@H](C1)N2C(=O)CNC(=O)CCc1ccccc1.O=C(O)/C=C\C(=O)O. The maximum Gasteiger partial charge on any atom is 0.328 e. The van der Waals surface area contributed by atoms with Crippen LogP contribution in [0.3, 0.4) is 0 Å². The Hall–Kier alpha value is -4.19. The fraction of sp³-hybridized carbons (Fsp3) is 0.400. The first-order valence-corrected chi connectivity index (χ1v) is 13.6. The summed E-state index contributed by atoms with van der Waals surface area (Å²) in [4.78, 5) is 46.0. The Morgan fingerprint density at radius 2 is 1.50 bits per heavy atom. The van der Waals surface area contributed by atoms with Crippen LogP contribution in [-0.2, 0) is 32.0 Å².